The van der Waals surface area contributed by atoms with E-state index in [0.29, 0.717) is 45.8 Å². The lowest BCUT2D eigenvalue weighted by atomic mass is 10.0. The van der Waals surface area contributed by atoms with Gasteiger partial charge in [0.2, 0.25) is 5.91 Å². The fourth-order valence-corrected chi connectivity index (χ4v) is 7.53. The van der Waals surface area contributed by atoms with Crippen LogP contribution in [0.3, 0.4) is 0 Å². The minimum atomic E-state index is -1.50. The molecule has 58 heavy (non-hydrogen) atoms. The number of carbonyl (C=O) groups is 4. The molecule has 14 nitrogen and oxygen atoms in total. The van der Waals surface area contributed by atoms with Crippen LogP contribution < -0.4 is 25.4 Å². The molecule has 300 valence electrons. The molecule has 0 bridgehead atoms. The number of aromatic nitrogens is 2. The van der Waals surface area contributed by atoms with Gasteiger partial charge in [-0.1, -0.05) is 80.6 Å². The zero-order valence-electron chi connectivity index (χ0n) is 32.5. The number of methoxy groups -OCH3 is 1. The minimum Gasteiger partial charge on any atom is -0.497 e. The number of pyridine rings is 1. The van der Waals surface area contributed by atoms with Crippen LogP contribution in [0.15, 0.2) is 108 Å². The van der Waals surface area contributed by atoms with Crippen LogP contribution in [0.25, 0.3) is 33.5 Å². The van der Waals surface area contributed by atoms with Crippen molar-refractivity contribution in [1.29, 1.82) is 0 Å². The predicted molar refractivity (Wildman–Crippen MR) is 216 cm³/mol. The lowest BCUT2D eigenvalue weighted by molar-refractivity contribution is -0.144. The Morgan fingerprint density at radius 2 is 1.76 bits per heavy atom. The van der Waals surface area contributed by atoms with Gasteiger partial charge in [0.05, 0.1) is 24.9 Å². The Balaban J connectivity index is 1.14. The first kappa shape index (κ1) is 39.5. The van der Waals surface area contributed by atoms with Gasteiger partial charge < -0.3 is 39.8 Å². The Morgan fingerprint density at radius 1 is 1.03 bits per heavy atom. The molecule has 1 aliphatic carbocycles. The van der Waals surface area contributed by atoms with E-state index in [2.05, 4.69) is 27.5 Å². The standard InChI is InChI=1S/C44H46N6O8/c1-5-29-22-44(29,42(53)54)49-40(51)36-20-32(58-37-21-34(27-12-8-6-9-13-27)48-35-19-31(56-4)16-17-33(35)37)24-50(36)43(55)47-30(18-26(2)3)23-45-41(52)38-39(57-25-46-38)28-14-10-7-11-15-28/h5-17,19,21,25-26,29-30,32,36H,1,18,20,22-24H2,2-4H3,(H,45,52)(H,47,55)(H,49,51)(H,53,54)/t29-,30?,32-,36+,44-/m1/s1. The molecule has 1 aliphatic heterocycles. The number of carbonyl (C=O) groups excluding carboxylic acids is 3. The Hall–Kier alpha value is -6.70. The van der Waals surface area contributed by atoms with E-state index in [-0.39, 0.29) is 37.5 Å². The van der Waals surface area contributed by atoms with Crippen molar-refractivity contribution < 1.29 is 38.2 Å². The molecule has 14 heteroatoms. The van der Waals surface area contributed by atoms with Crippen LogP contribution in [0, 0.1) is 11.8 Å². The number of benzene rings is 3. The summed E-state index contributed by atoms with van der Waals surface area (Å²) in [6.07, 6.45) is 2.83. The first-order chi connectivity index (χ1) is 28.0. The average Bonchev–Trinajstić information content (AvgIpc) is 3.50. The number of aliphatic carboxylic acids is 1. The van der Waals surface area contributed by atoms with Crippen molar-refractivity contribution in [3.8, 4) is 34.1 Å². The van der Waals surface area contributed by atoms with Crippen LogP contribution in [0.2, 0.25) is 0 Å². The summed E-state index contributed by atoms with van der Waals surface area (Å²) < 4.78 is 17.7. The largest absolute Gasteiger partial charge is 0.497 e. The summed E-state index contributed by atoms with van der Waals surface area (Å²) in [6, 6.07) is 23.9. The number of hydrogen-bond donors (Lipinski definition) is 4. The quantitative estimate of drug-likeness (QED) is 0.0906. The number of amides is 4. The third-order valence-electron chi connectivity index (χ3n) is 10.6. The fraction of sp³-hybridized carbons (Fsp3) is 0.318. The second kappa shape index (κ2) is 16.8. The first-order valence-corrected chi connectivity index (χ1v) is 19.2. The van der Waals surface area contributed by atoms with Gasteiger partial charge in [0.25, 0.3) is 5.91 Å². The van der Waals surface area contributed by atoms with E-state index in [4.69, 9.17) is 18.9 Å². The summed E-state index contributed by atoms with van der Waals surface area (Å²) in [7, 11) is 1.58. The normalized spacial score (nSPS) is 20.3. The van der Waals surface area contributed by atoms with Gasteiger partial charge in [-0.05, 0) is 30.9 Å². The predicted octanol–water partition coefficient (Wildman–Crippen LogP) is 6.09. The Labute approximate surface area is 335 Å². The summed E-state index contributed by atoms with van der Waals surface area (Å²) in [6.45, 7) is 7.80. The van der Waals surface area contributed by atoms with E-state index in [1.807, 2.05) is 92.7 Å². The van der Waals surface area contributed by atoms with Crippen molar-refractivity contribution in [1.82, 2.24) is 30.8 Å². The number of nitrogens with one attached hydrogen (secondary N) is 3. The van der Waals surface area contributed by atoms with Crippen molar-refractivity contribution in [2.75, 3.05) is 20.2 Å². The molecule has 4 N–H and O–H groups in total. The maximum Gasteiger partial charge on any atom is 0.330 e. The highest BCUT2D eigenvalue weighted by atomic mass is 16.5. The molecular formula is C44H46N6O8. The molecule has 4 amide bonds. The smallest absolute Gasteiger partial charge is 0.330 e. The van der Waals surface area contributed by atoms with E-state index >= 15 is 0 Å². The fourth-order valence-electron chi connectivity index (χ4n) is 7.53. The summed E-state index contributed by atoms with van der Waals surface area (Å²) in [5.41, 5.74) is 1.45. The van der Waals surface area contributed by atoms with Gasteiger partial charge in [-0.25, -0.2) is 19.6 Å². The molecule has 0 radical (unpaired) electrons. The third-order valence-corrected chi connectivity index (χ3v) is 10.6. The van der Waals surface area contributed by atoms with E-state index in [1.54, 1.807) is 13.2 Å². The highest BCUT2D eigenvalue weighted by molar-refractivity contribution is 5.98. The highest BCUT2D eigenvalue weighted by Crippen LogP contribution is 2.45. The molecule has 3 heterocycles. The monoisotopic (exact) mass is 786 g/mol. The van der Waals surface area contributed by atoms with Gasteiger partial charge >= 0.3 is 12.0 Å². The van der Waals surface area contributed by atoms with E-state index in [0.717, 1.165) is 5.56 Å². The SMILES string of the molecule is C=C[C@@H]1C[C@]1(NC(=O)[C@@H]1C[C@@H](Oc2cc(-c3ccccc3)nc3cc(OC)ccc23)CN1C(=O)NC(CNC(=O)c1ncoc1-c1ccccc1)CC(C)C)C(=O)O. The highest BCUT2D eigenvalue weighted by Gasteiger charge is 2.61. The summed E-state index contributed by atoms with van der Waals surface area (Å²) in [5.74, 6) is -1.15. The number of carboxylic acid groups (broad SMARTS) is 1. The number of rotatable bonds is 15. The van der Waals surface area contributed by atoms with Crippen LogP contribution >= 0.6 is 0 Å². The van der Waals surface area contributed by atoms with Crippen molar-refractivity contribution in [2.24, 2.45) is 11.8 Å². The number of likely N-dealkylation sites (tertiary alicyclic amines) is 1. The molecule has 3 aromatic carbocycles. The van der Waals surface area contributed by atoms with Crippen LogP contribution in [0.4, 0.5) is 4.79 Å². The molecular weight excluding hydrogens is 741 g/mol. The van der Waals surface area contributed by atoms with Gasteiger partial charge in [0.1, 0.15) is 29.2 Å². The Bertz CT molecular complexity index is 2320. The van der Waals surface area contributed by atoms with Gasteiger partial charge in [-0.3, -0.25) is 9.59 Å². The first-order valence-electron chi connectivity index (χ1n) is 19.2. The topological polar surface area (TPSA) is 185 Å². The summed E-state index contributed by atoms with van der Waals surface area (Å²) in [4.78, 5) is 64.5. The number of ether oxygens (including phenoxy) is 2. The van der Waals surface area contributed by atoms with Gasteiger partial charge in [-0.2, -0.15) is 0 Å². The van der Waals surface area contributed by atoms with Crippen molar-refractivity contribution in [2.45, 2.75) is 56.8 Å². The molecule has 2 fully saturated rings. The van der Waals surface area contributed by atoms with E-state index in [9.17, 15) is 24.3 Å². The maximum absolute atomic E-state index is 14.3. The molecule has 2 aliphatic rings. The van der Waals surface area contributed by atoms with Crippen LogP contribution in [-0.2, 0) is 9.59 Å². The zero-order chi connectivity index (χ0) is 41.0. The van der Waals surface area contributed by atoms with Crippen LogP contribution in [0.1, 0.15) is 43.6 Å². The molecule has 1 unspecified atom stereocenters. The zero-order valence-corrected chi connectivity index (χ0v) is 32.5. The van der Waals surface area contributed by atoms with Crippen LogP contribution in [0.5, 0.6) is 11.5 Å². The average molecular weight is 787 g/mol. The number of fused-ring (bicyclic) bond motifs is 1. The summed E-state index contributed by atoms with van der Waals surface area (Å²) >= 11 is 0. The second-order valence-corrected chi connectivity index (χ2v) is 15.1. The lowest BCUT2D eigenvalue weighted by Gasteiger charge is -2.29. The summed E-state index contributed by atoms with van der Waals surface area (Å²) in [5, 5.41) is 19.5. The molecule has 2 aromatic heterocycles. The second-order valence-electron chi connectivity index (χ2n) is 15.1. The molecule has 1 saturated heterocycles. The number of hydrogen-bond acceptors (Lipinski definition) is 9. The van der Waals surface area contributed by atoms with Gasteiger partial charge in [-0.15, -0.1) is 6.58 Å². The lowest BCUT2D eigenvalue weighted by Crippen LogP contribution is -2.56. The molecule has 0 spiro atoms. The maximum atomic E-state index is 14.3. The van der Waals surface area contributed by atoms with Gasteiger partial charge in [0, 0.05) is 53.6 Å². The number of carboxylic acids is 1. The van der Waals surface area contributed by atoms with Crippen LogP contribution in [-0.4, -0.2) is 87.7 Å². The van der Waals surface area contributed by atoms with E-state index in [1.165, 1.54) is 17.4 Å². The van der Waals surface area contributed by atoms with E-state index < -0.39 is 53.5 Å². The molecule has 1 saturated carbocycles. The number of oxazole rings is 1. The van der Waals surface area contributed by atoms with Crippen molar-refractivity contribution in [3.63, 3.8) is 0 Å². The Kier molecular flexibility index (Phi) is 11.5. The third kappa shape index (κ3) is 8.36. The minimum absolute atomic E-state index is 0.00958. The number of urea groups is 1. The molecule has 7 rings (SSSR count). The number of nitrogens with zero attached hydrogens (tertiary/aromatic N) is 3. The molecule has 5 aromatic rings. The van der Waals surface area contributed by atoms with Gasteiger partial charge in [0.15, 0.2) is 17.8 Å². The van der Waals surface area contributed by atoms with Crippen molar-refractivity contribution in [3.05, 3.63) is 110 Å². The Morgan fingerprint density at radius 3 is 2.41 bits per heavy atom. The van der Waals surface area contributed by atoms with Crippen molar-refractivity contribution >= 4 is 34.7 Å². The molecule has 5 atom stereocenters.